The molecule has 0 aliphatic rings. The van der Waals surface area contributed by atoms with Gasteiger partial charge in [-0.2, -0.15) is 0 Å². The minimum absolute atomic E-state index is 0.0709. The number of benzene rings is 1. The van der Waals surface area contributed by atoms with Crippen molar-refractivity contribution >= 4 is 5.78 Å². The van der Waals surface area contributed by atoms with Crippen LogP contribution in [0.2, 0.25) is 0 Å². The summed E-state index contributed by atoms with van der Waals surface area (Å²) in [5, 5.41) is 0. The number of para-hydroxylation sites is 1. The van der Waals surface area contributed by atoms with Gasteiger partial charge in [-0.15, -0.1) is 0 Å². The predicted molar refractivity (Wildman–Crippen MR) is 112 cm³/mol. The molecular formula is C24H40O2. The van der Waals surface area contributed by atoms with E-state index in [9.17, 15) is 4.79 Å². The molecular weight excluding hydrogens is 320 g/mol. The van der Waals surface area contributed by atoms with Crippen molar-refractivity contribution in [2.24, 2.45) is 0 Å². The molecule has 26 heavy (non-hydrogen) atoms. The first kappa shape index (κ1) is 22.7. The zero-order valence-corrected chi connectivity index (χ0v) is 17.2. The van der Waals surface area contributed by atoms with E-state index < -0.39 is 0 Å². The van der Waals surface area contributed by atoms with Crippen molar-refractivity contribution < 1.29 is 9.53 Å². The lowest BCUT2D eigenvalue weighted by Crippen LogP contribution is -2.02. The average Bonchev–Trinajstić information content (AvgIpc) is 2.65. The fraction of sp³-hybridized carbons (Fsp3) is 0.708. The van der Waals surface area contributed by atoms with Crippen LogP contribution in [0.3, 0.4) is 0 Å². The Kier molecular flexibility index (Phi) is 13.9. The van der Waals surface area contributed by atoms with E-state index in [4.69, 9.17) is 4.74 Å². The Morgan fingerprint density at radius 1 is 0.731 bits per heavy atom. The second-order valence-corrected chi connectivity index (χ2v) is 7.50. The maximum atomic E-state index is 11.5. The Hall–Kier alpha value is -1.31. The lowest BCUT2D eigenvalue weighted by Gasteiger charge is -2.09. The lowest BCUT2D eigenvalue weighted by atomic mass is 10.0. The lowest BCUT2D eigenvalue weighted by molar-refractivity contribution is 0.101. The van der Waals surface area contributed by atoms with Gasteiger partial charge in [0, 0.05) is 0 Å². The molecule has 0 amide bonds. The van der Waals surface area contributed by atoms with Crippen molar-refractivity contribution in [1.82, 2.24) is 0 Å². The Bertz CT molecular complexity index is 467. The van der Waals surface area contributed by atoms with E-state index >= 15 is 0 Å². The van der Waals surface area contributed by atoms with Crippen LogP contribution in [0.25, 0.3) is 0 Å². The van der Waals surface area contributed by atoms with Gasteiger partial charge in [0.05, 0.1) is 12.2 Å². The first-order chi connectivity index (χ1) is 12.8. The molecule has 0 N–H and O–H groups in total. The second kappa shape index (κ2) is 15.9. The van der Waals surface area contributed by atoms with Crippen LogP contribution in [0.15, 0.2) is 24.3 Å². The van der Waals surface area contributed by atoms with Gasteiger partial charge in [0.2, 0.25) is 0 Å². The summed E-state index contributed by atoms with van der Waals surface area (Å²) in [6.45, 7) is 4.58. The van der Waals surface area contributed by atoms with Crippen LogP contribution < -0.4 is 4.74 Å². The Morgan fingerprint density at radius 3 is 1.69 bits per heavy atom. The predicted octanol–water partition coefficient (Wildman–Crippen LogP) is 7.75. The van der Waals surface area contributed by atoms with E-state index in [2.05, 4.69) is 6.92 Å². The molecule has 148 valence electrons. The quantitative estimate of drug-likeness (QED) is 0.210. The van der Waals surface area contributed by atoms with Crippen LogP contribution in [-0.4, -0.2) is 12.4 Å². The maximum absolute atomic E-state index is 11.5. The highest BCUT2D eigenvalue weighted by molar-refractivity contribution is 5.96. The molecule has 1 aromatic carbocycles. The number of unbranched alkanes of at least 4 members (excludes halogenated alkanes) is 13. The van der Waals surface area contributed by atoms with Crippen molar-refractivity contribution in [2.75, 3.05) is 6.61 Å². The van der Waals surface area contributed by atoms with Gasteiger partial charge in [-0.3, -0.25) is 4.79 Å². The van der Waals surface area contributed by atoms with Gasteiger partial charge in [-0.25, -0.2) is 0 Å². The molecule has 0 aliphatic heterocycles. The Labute approximate surface area is 161 Å². The molecule has 1 aromatic rings. The highest BCUT2D eigenvalue weighted by atomic mass is 16.5. The highest BCUT2D eigenvalue weighted by Crippen LogP contribution is 2.19. The van der Waals surface area contributed by atoms with Crippen LogP contribution in [0.1, 0.15) is 114 Å². The van der Waals surface area contributed by atoms with Crippen molar-refractivity contribution in [3.8, 4) is 5.75 Å². The first-order valence-electron chi connectivity index (χ1n) is 11.0. The number of carbonyl (C=O) groups excluding carboxylic acids is 1. The van der Waals surface area contributed by atoms with Gasteiger partial charge in [-0.05, 0) is 25.5 Å². The summed E-state index contributed by atoms with van der Waals surface area (Å²) >= 11 is 0. The van der Waals surface area contributed by atoms with E-state index in [1.807, 2.05) is 24.3 Å². The van der Waals surface area contributed by atoms with Crippen LogP contribution in [0.4, 0.5) is 0 Å². The van der Waals surface area contributed by atoms with Crippen molar-refractivity contribution in [2.45, 2.75) is 104 Å². The van der Waals surface area contributed by atoms with E-state index in [-0.39, 0.29) is 5.78 Å². The minimum Gasteiger partial charge on any atom is -0.493 e. The molecule has 0 heterocycles. The van der Waals surface area contributed by atoms with Gasteiger partial charge in [0.15, 0.2) is 5.78 Å². The molecule has 0 aromatic heterocycles. The zero-order valence-electron chi connectivity index (χ0n) is 17.2. The van der Waals surface area contributed by atoms with E-state index in [0.717, 1.165) is 12.2 Å². The fourth-order valence-electron chi connectivity index (χ4n) is 3.36. The van der Waals surface area contributed by atoms with Crippen LogP contribution in [0, 0.1) is 0 Å². The summed E-state index contributed by atoms with van der Waals surface area (Å²) in [5.74, 6) is 0.802. The standard InChI is InChI=1S/C24H40O2/c1-3-4-5-6-7-8-9-10-11-12-13-14-15-18-21-26-24-20-17-16-19-23(24)22(2)25/h16-17,19-20H,3-15,18,21H2,1-2H3. The average molecular weight is 361 g/mol. The molecule has 2 heteroatoms. The highest BCUT2D eigenvalue weighted by Gasteiger charge is 2.06. The number of rotatable bonds is 17. The summed E-state index contributed by atoms with van der Waals surface area (Å²) in [7, 11) is 0. The van der Waals surface area contributed by atoms with Gasteiger partial charge in [-0.1, -0.05) is 103 Å². The van der Waals surface area contributed by atoms with Crippen LogP contribution >= 0.6 is 0 Å². The Balaban J connectivity index is 1.88. The van der Waals surface area contributed by atoms with Crippen molar-refractivity contribution in [3.63, 3.8) is 0 Å². The fourth-order valence-corrected chi connectivity index (χ4v) is 3.36. The smallest absolute Gasteiger partial charge is 0.163 e. The molecule has 0 saturated carbocycles. The molecule has 2 nitrogen and oxygen atoms in total. The third kappa shape index (κ3) is 11.3. The molecule has 0 unspecified atom stereocenters. The summed E-state index contributed by atoms with van der Waals surface area (Å²) in [6, 6.07) is 7.53. The second-order valence-electron chi connectivity index (χ2n) is 7.50. The third-order valence-electron chi connectivity index (χ3n) is 5.02. The number of ketones is 1. The Morgan fingerprint density at radius 2 is 1.19 bits per heavy atom. The van der Waals surface area contributed by atoms with E-state index in [1.54, 1.807) is 6.92 Å². The number of carbonyl (C=O) groups is 1. The van der Waals surface area contributed by atoms with Crippen LogP contribution in [-0.2, 0) is 0 Å². The van der Waals surface area contributed by atoms with Crippen molar-refractivity contribution in [3.05, 3.63) is 29.8 Å². The molecule has 0 saturated heterocycles. The van der Waals surface area contributed by atoms with Gasteiger partial charge < -0.3 is 4.74 Å². The number of hydrogen-bond donors (Lipinski definition) is 0. The van der Waals surface area contributed by atoms with Gasteiger partial charge in [0.1, 0.15) is 5.75 Å². The number of ether oxygens (including phenoxy) is 1. The molecule has 0 fully saturated rings. The van der Waals surface area contributed by atoms with Crippen molar-refractivity contribution in [1.29, 1.82) is 0 Å². The van der Waals surface area contributed by atoms with Gasteiger partial charge in [0.25, 0.3) is 0 Å². The summed E-state index contributed by atoms with van der Waals surface area (Å²) in [6.07, 6.45) is 19.1. The zero-order chi connectivity index (χ0) is 18.9. The summed E-state index contributed by atoms with van der Waals surface area (Å²) < 4.78 is 5.78. The molecule has 0 aliphatic carbocycles. The molecule has 0 bridgehead atoms. The first-order valence-corrected chi connectivity index (χ1v) is 11.0. The molecule has 0 atom stereocenters. The SMILES string of the molecule is CCCCCCCCCCCCCCCCOc1ccccc1C(C)=O. The topological polar surface area (TPSA) is 26.3 Å². The molecule has 0 radical (unpaired) electrons. The maximum Gasteiger partial charge on any atom is 0.163 e. The molecule has 0 spiro atoms. The largest absolute Gasteiger partial charge is 0.493 e. The van der Waals surface area contributed by atoms with E-state index in [1.165, 1.54) is 83.5 Å². The summed E-state index contributed by atoms with van der Waals surface area (Å²) in [5.41, 5.74) is 0.692. The monoisotopic (exact) mass is 360 g/mol. The van der Waals surface area contributed by atoms with Crippen LogP contribution in [0.5, 0.6) is 5.75 Å². The third-order valence-corrected chi connectivity index (χ3v) is 5.02. The number of hydrogen-bond acceptors (Lipinski definition) is 2. The molecule has 1 rings (SSSR count). The minimum atomic E-state index is 0.0709. The number of Topliss-reactive ketones (excluding diaryl/α,β-unsaturated/α-hetero) is 1. The normalized spacial score (nSPS) is 10.8. The summed E-state index contributed by atoms with van der Waals surface area (Å²) in [4.78, 5) is 11.5. The van der Waals surface area contributed by atoms with E-state index in [0.29, 0.717) is 12.2 Å². The van der Waals surface area contributed by atoms with Gasteiger partial charge >= 0.3 is 0 Å².